The minimum absolute atomic E-state index is 0.472. The van der Waals surface area contributed by atoms with Crippen LogP contribution in [0.1, 0.15) is 59.8 Å². The Morgan fingerprint density at radius 1 is 1.29 bits per heavy atom. The van der Waals surface area contributed by atoms with Gasteiger partial charge in [0.05, 0.1) is 6.61 Å². The fourth-order valence-electron chi connectivity index (χ4n) is 3.51. The van der Waals surface area contributed by atoms with Crippen molar-refractivity contribution in [2.45, 2.75) is 65.8 Å². The first-order valence-corrected chi connectivity index (χ1v) is 9.00. The first-order valence-electron chi connectivity index (χ1n) is 9.00. The van der Waals surface area contributed by atoms with E-state index in [1.54, 1.807) is 0 Å². The molecule has 0 radical (unpaired) electrons. The average molecular weight is 299 g/mol. The summed E-state index contributed by atoms with van der Waals surface area (Å²) in [7, 11) is 1.81. The number of methoxy groups -OCH3 is 1. The van der Waals surface area contributed by atoms with Crippen molar-refractivity contribution in [2.75, 3.05) is 39.9 Å². The summed E-state index contributed by atoms with van der Waals surface area (Å²) < 4.78 is 5.33. The summed E-state index contributed by atoms with van der Waals surface area (Å²) in [5.74, 6) is 0.913. The van der Waals surface area contributed by atoms with Gasteiger partial charge in [0.1, 0.15) is 0 Å². The number of hydrogen-bond acceptors (Lipinski definition) is 3. The lowest BCUT2D eigenvalue weighted by Crippen LogP contribution is -2.49. The lowest BCUT2D eigenvalue weighted by Gasteiger charge is -2.44. The number of ether oxygens (including phenoxy) is 1. The summed E-state index contributed by atoms with van der Waals surface area (Å²) in [5, 5.41) is 3.63. The van der Waals surface area contributed by atoms with E-state index < -0.39 is 0 Å². The third-order valence-corrected chi connectivity index (χ3v) is 5.42. The molecule has 1 fully saturated rings. The second-order valence-corrected chi connectivity index (χ2v) is 7.18. The van der Waals surface area contributed by atoms with Crippen molar-refractivity contribution < 1.29 is 4.74 Å². The molecule has 126 valence electrons. The van der Waals surface area contributed by atoms with E-state index >= 15 is 0 Å². The van der Waals surface area contributed by atoms with E-state index in [1.807, 2.05) is 7.11 Å². The Hall–Kier alpha value is -0.120. The molecule has 0 spiro atoms. The molecule has 0 aliphatic heterocycles. The van der Waals surface area contributed by atoms with Gasteiger partial charge in [0.25, 0.3) is 0 Å². The van der Waals surface area contributed by atoms with Crippen molar-refractivity contribution >= 4 is 0 Å². The lowest BCUT2D eigenvalue weighted by atomic mass is 9.70. The van der Waals surface area contributed by atoms with Gasteiger partial charge in [-0.05, 0) is 44.1 Å². The molecule has 1 atom stereocenters. The number of hydrogen-bond donors (Lipinski definition) is 1. The molecule has 3 nitrogen and oxygen atoms in total. The van der Waals surface area contributed by atoms with E-state index in [2.05, 4.69) is 37.9 Å². The van der Waals surface area contributed by atoms with Gasteiger partial charge < -0.3 is 10.1 Å². The molecule has 0 bridgehead atoms. The Morgan fingerprint density at radius 2 is 1.95 bits per heavy atom. The van der Waals surface area contributed by atoms with Crippen LogP contribution in [0.25, 0.3) is 0 Å². The maximum Gasteiger partial charge on any atom is 0.0589 e. The predicted molar refractivity (Wildman–Crippen MR) is 91.8 cm³/mol. The molecule has 0 aromatic rings. The molecule has 1 aliphatic rings. The normalized spacial score (nSPS) is 28.0. The zero-order valence-electron chi connectivity index (χ0n) is 15.1. The summed E-state index contributed by atoms with van der Waals surface area (Å²) >= 11 is 0. The molecule has 0 heterocycles. The van der Waals surface area contributed by atoms with E-state index in [4.69, 9.17) is 4.74 Å². The van der Waals surface area contributed by atoms with Crippen LogP contribution in [-0.4, -0.2) is 50.8 Å². The minimum atomic E-state index is 0.472. The average Bonchev–Trinajstić information content (AvgIpc) is 2.51. The van der Waals surface area contributed by atoms with Gasteiger partial charge in [-0.2, -0.15) is 0 Å². The van der Waals surface area contributed by atoms with E-state index in [1.165, 1.54) is 45.2 Å². The van der Waals surface area contributed by atoms with Crippen molar-refractivity contribution in [3.05, 3.63) is 0 Å². The highest BCUT2D eigenvalue weighted by Gasteiger charge is 2.36. The molecule has 1 N–H and O–H groups in total. The quantitative estimate of drug-likeness (QED) is 0.667. The Bertz CT molecular complexity index is 256. The SMILES string of the molecule is CCNCC1(CN(CCOC)C(C)CC)CCC(C)CC1. The predicted octanol–water partition coefficient (Wildman–Crippen LogP) is 3.54. The van der Waals surface area contributed by atoms with Crippen LogP contribution in [0.2, 0.25) is 0 Å². The van der Waals surface area contributed by atoms with Crippen molar-refractivity contribution in [2.24, 2.45) is 11.3 Å². The van der Waals surface area contributed by atoms with Gasteiger partial charge in [-0.3, -0.25) is 4.90 Å². The molecule has 0 aromatic carbocycles. The molecule has 0 aromatic heterocycles. The smallest absolute Gasteiger partial charge is 0.0589 e. The highest BCUT2D eigenvalue weighted by Crippen LogP contribution is 2.39. The summed E-state index contributed by atoms with van der Waals surface area (Å²) in [6, 6.07) is 0.651. The van der Waals surface area contributed by atoms with Crippen LogP contribution >= 0.6 is 0 Å². The summed E-state index contributed by atoms with van der Waals surface area (Å²) in [5.41, 5.74) is 0.472. The molecule has 1 saturated carbocycles. The lowest BCUT2D eigenvalue weighted by molar-refractivity contribution is 0.0479. The van der Waals surface area contributed by atoms with Gasteiger partial charge in [0.15, 0.2) is 0 Å². The second-order valence-electron chi connectivity index (χ2n) is 7.18. The van der Waals surface area contributed by atoms with Crippen LogP contribution in [0.15, 0.2) is 0 Å². The minimum Gasteiger partial charge on any atom is -0.383 e. The standard InChI is InChI=1S/C18H38N2O/c1-6-17(4)20(12-13-21-5)15-18(14-19-7-2)10-8-16(3)9-11-18/h16-17,19H,6-15H2,1-5H3. The molecule has 0 amide bonds. The Balaban J connectivity index is 2.70. The maximum absolute atomic E-state index is 5.33. The molecule has 1 unspecified atom stereocenters. The molecular formula is C18H38N2O. The Labute approximate surface area is 132 Å². The van der Waals surface area contributed by atoms with Crippen LogP contribution in [0.5, 0.6) is 0 Å². The monoisotopic (exact) mass is 298 g/mol. The van der Waals surface area contributed by atoms with Gasteiger partial charge >= 0.3 is 0 Å². The molecular weight excluding hydrogens is 260 g/mol. The van der Waals surface area contributed by atoms with Gasteiger partial charge in [-0.1, -0.05) is 33.6 Å². The highest BCUT2D eigenvalue weighted by molar-refractivity contribution is 4.90. The van der Waals surface area contributed by atoms with Crippen LogP contribution < -0.4 is 5.32 Å². The zero-order chi connectivity index (χ0) is 15.7. The maximum atomic E-state index is 5.33. The third-order valence-electron chi connectivity index (χ3n) is 5.42. The number of nitrogens with zero attached hydrogens (tertiary/aromatic N) is 1. The zero-order valence-corrected chi connectivity index (χ0v) is 15.1. The van der Waals surface area contributed by atoms with E-state index in [9.17, 15) is 0 Å². The van der Waals surface area contributed by atoms with E-state index in [0.717, 1.165) is 25.6 Å². The molecule has 3 heteroatoms. The van der Waals surface area contributed by atoms with Crippen LogP contribution in [0.4, 0.5) is 0 Å². The molecule has 0 saturated heterocycles. The van der Waals surface area contributed by atoms with Crippen LogP contribution in [0.3, 0.4) is 0 Å². The highest BCUT2D eigenvalue weighted by atomic mass is 16.5. The molecule has 1 aliphatic carbocycles. The Kier molecular flexibility index (Phi) is 8.84. The summed E-state index contributed by atoms with van der Waals surface area (Å²) in [4.78, 5) is 2.66. The number of nitrogens with one attached hydrogen (secondary N) is 1. The second kappa shape index (κ2) is 9.81. The third kappa shape index (κ3) is 6.25. The molecule has 21 heavy (non-hydrogen) atoms. The van der Waals surface area contributed by atoms with Crippen LogP contribution in [-0.2, 0) is 4.74 Å². The van der Waals surface area contributed by atoms with Crippen molar-refractivity contribution in [3.8, 4) is 0 Å². The molecule has 1 rings (SSSR count). The summed E-state index contributed by atoms with van der Waals surface area (Å²) in [6.45, 7) is 14.7. The largest absolute Gasteiger partial charge is 0.383 e. The van der Waals surface area contributed by atoms with E-state index in [-0.39, 0.29) is 0 Å². The first kappa shape index (κ1) is 18.9. The van der Waals surface area contributed by atoms with Crippen molar-refractivity contribution in [1.82, 2.24) is 10.2 Å². The Morgan fingerprint density at radius 3 is 2.48 bits per heavy atom. The van der Waals surface area contributed by atoms with Gasteiger partial charge in [-0.25, -0.2) is 0 Å². The fraction of sp³-hybridized carbons (Fsp3) is 1.00. The van der Waals surface area contributed by atoms with Gasteiger partial charge in [0, 0.05) is 32.8 Å². The van der Waals surface area contributed by atoms with Crippen molar-refractivity contribution in [3.63, 3.8) is 0 Å². The summed E-state index contributed by atoms with van der Waals surface area (Å²) in [6.07, 6.45) is 6.76. The topological polar surface area (TPSA) is 24.5 Å². The van der Waals surface area contributed by atoms with E-state index in [0.29, 0.717) is 11.5 Å². The van der Waals surface area contributed by atoms with Crippen molar-refractivity contribution in [1.29, 1.82) is 0 Å². The van der Waals surface area contributed by atoms with Gasteiger partial charge in [-0.15, -0.1) is 0 Å². The number of rotatable bonds is 10. The van der Waals surface area contributed by atoms with Crippen LogP contribution in [0, 0.1) is 11.3 Å². The van der Waals surface area contributed by atoms with Gasteiger partial charge in [0.2, 0.25) is 0 Å². The fourth-order valence-corrected chi connectivity index (χ4v) is 3.51. The first-order chi connectivity index (χ1) is 10.1.